The fraction of sp³-hybridized carbons (Fsp3) is 0.269. The van der Waals surface area contributed by atoms with E-state index < -0.39 is 0 Å². The van der Waals surface area contributed by atoms with E-state index in [0.29, 0.717) is 17.9 Å². The number of pyridine rings is 1. The van der Waals surface area contributed by atoms with Crippen molar-refractivity contribution in [3.63, 3.8) is 0 Å². The molecule has 7 nitrogen and oxygen atoms in total. The molecule has 1 saturated carbocycles. The van der Waals surface area contributed by atoms with E-state index in [1.165, 1.54) is 0 Å². The van der Waals surface area contributed by atoms with Crippen molar-refractivity contribution in [2.24, 2.45) is 11.5 Å². The molecule has 33 heavy (non-hydrogen) atoms. The summed E-state index contributed by atoms with van der Waals surface area (Å²) in [5, 5.41) is 14.2. The van der Waals surface area contributed by atoms with Crippen molar-refractivity contribution in [3.8, 4) is 0 Å². The molecule has 0 aliphatic heterocycles. The van der Waals surface area contributed by atoms with Crippen LogP contribution < -0.4 is 16.8 Å². The van der Waals surface area contributed by atoms with E-state index in [1.807, 2.05) is 28.8 Å². The van der Waals surface area contributed by atoms with Crippen molar-refractivity contribution in [2.45, 2.75) is 44.3 Å². The van der Waals surface area contributed by atoms with Crippen LogP contribution in [0, 0.1) is 5.41 Å². The number of amidine groups is 1. The van der Waals surface area contributed by atoms with Crippen LogP contribution >= 0.6 is 0 Å². The molecule has 0 radical (unpaired) electrons. The van der Waals surface area contributed by atoms with Gasteiger partial charge in [0.25, 0.3) is 5.91 Å². The van der Waals surface area contributed by atoms with Crippen LogP contribution in [0.15, 0.2) is 60.8 Å². The van der Waals surface area contributed by atoms with Gasteiger partial charge in [0.05, 0.1) is 5.52 Å². The number of aromatic nitrogens is 2. The fourth-order valence-corrected chi connectivity index (χ4v) is 4.78. The van der Waals surface area contributed by atoms with Gasteiger partial charge in [0.15, 0.2) is 0 Å². The Balaban J connectivity index is 1.57. The Hall–Kier alpha value is -3.71. The van der Waals surface area contributed by atoms with E-state index in [0.717, 1.165) is 52.9 Å². The molecule has 1 aliphatic rings. The maximum Gasteiger partial charge on any atom is 0.268 e. The Bertz CT molecular complexity index is 1340. The summed E-state index contributed by atoms with van der Waals surface area (Å²) in [5.41, 5.74) is 14.7. The fourth-order valence-electron chi connectivity index (χ4n) is 4.78. The second-order valence-electron chi connectivity index (χ2n) is 8.88. The van der Waals surface area contributed by atoms with Crippen molar-refractivity contribution in [1.82, 2.24) is 14.9 Å². The summed E-state index contributed by atoms with van der Waals surface area (Å²) >= 11 is 0. The number of nitrogens with one attached hydrogen (secondary N) is 2. The monoisotopic (exact) mass is 440 g/mol. The van der Waals surface area contributed by atoms with Crippen LogP contribution in [0.2, 0.25) is 0 Å². The van der Waals surface area contributed by atoms with Gasteiger partial charge < -0.3 is 21.4 Å². The summed E-state index contributed by atoms with van der Waals surface area (Å²) in [6.07, 6.45) is 5.33. The van der Waals surface area contributed by atoms with Crippen LogP contribution in [0.5, 0.6) is 0 Å². The molecule has 1 fully saturated rings. The number of benzene rings is 2. The predicted molar refractivity (Wildman–Crippen MR) is 131 cm³/mol. The second kappa shape index (κ2) is 8.67. The lowest BCUT2D eigenvalue weighted by atomic mass is 9.92. The van der Waals surface area contributed by atoms with Gasteiger partial charge in [-0.3, -0.25) is 15.2 Å². The van der Waals surface area contributed by atoms with Gasteiger partial charge in [-0.05, 0) is 54.2 Å². The quantitative estimate of drug-likeness (QED) is 0.280. The first-order valence-electron chi connectivity index (χ1n) is 11.4. The Labute approximate surface area is 192 Å². The first-order valence-corrected chi connectivity index (χ1v) is 11.4. The molecule has 5 rings (SSSR count). The van der Waals surface area contributed by atoms with E-state index in [4.69, 9.17) is 16.9 Å². The number of hydrogen-bond acceptors (Lipinski definition) is 4. The molecular formula is C26H28N6O. The van der Waals surface area contributed by atoms with Crippen LogP contribution in [0.1, 0.15) is 47.4 Å². The van der Waals surface area contributed by atoms with Gasteiger partial charge in [-0.25, -0.2) is 0 Å². The molecule has 7 heteroatoms. The number of nitrogens with two attached hydrogens (primary N) is 2. The summed E-state index contributed by atoms with van der Waals surface area (Å²) in [6.45, 7) is 0.518. The molecule has 2 heterocycles. The smallest absolute Gasteiger partial charge is 0.268 e. The van der Waals surface area contributed by atoms with E-state index in [2.05, 4.69) is 34.6 Å². The summed E-state index contributed by atoms with van der Waals surface area (Å²) in [5.74, 6) is -0.198. The van der Waals surface area contributed by atoms with Crippen LogP contribution in [0.3, 0.4) is 0 Å². The van der Waals surface area contributed by atoms with Crippen molar-refractivity contribution in [3.05, 3.63) is 77.7 Å². The average Bonchev–Trinajstić information content (AvgIpc) is 3.18. The third-order valence-corrected chi connectivity index (χ3v) is 6.61. The highest BCUT2D eigenvalue weighted by Gasteiger charge is 2.23. The first-order chi connectivity index (χ1) is 16.0. The van der Waals surface area contributed by atoms with Crippen LogP contribution in [0.25, 0.3) is 21.7 Å². The lowest BCUT2D eigenvalue weighted by Crippen LogP contribution is -2.41. The highest BCUT2D eigenvalue weighted by atomic mass is 16.2. The number of carbonyl (C=O) groups excluding carboxylic acids is 1. The van der Waals surface area contributed by atoms with Crippen LogP contribution in [-0.4, -0.2) is 33.4 Å². The van der Waals surface area contributed by atoms with Gasteiger partial charge in [-0.1, -0.05) is 42.5 Å². The minimum atomic E-state index is -0.101. The third-order valence-electron chi connectivity index (χ3n) is 6.61. The molecule has 6 N–H and O–H groups in total. The number of fused-ring (bicyclic) bond motifs is 2. The molecule has 0 unspecified atom stereocenters. The molecule has 0 bridgehead atoms. The number of nitrogen functional groups attached to an aromatic ring is 1. The molecule has 2 aromatic heterocycles. The van der Waals surface area contributed by atoms with Gasteiger partial charge in [-0.15, -0.1) is 0 Å². The van der Waals surface area contributed by atoms with E-state index >= 15 is 0 Å². The molecule has 0 saturated heterocycles. The van der Waals surface area contributed by atoms with Crippen molar-refractivity contribution >= 4 is 33.4 Å². The van der Waals surface area contributed by atoms with Crippen molar-refractivity contribution in [2.75, 3.05) is 0 Å². The zero-order chi connectivity index (χ0) is 22.9. The second-order valence-corrected chi connectivity index (χ2v) is 8.88. The Morgan fingerprint density at radius 1 is 1.06 bits per heavy atom. The van der Waals surface area contributed by atoms with Gasteiger partial charge in [0.2, 0.25) is 0 Å². The topological polar surface area (TPSA) is 123 Å². The van der Waals surface area contributed by atoms with Gasteiger partial charge in [0, 0.05) is 30.2 Å². The zero-order valence-electron chi connectivity index (χ0n) is 18.4. The number of amides is 1. The number of nitrogens with zero attached hydrogens (tertiary/aromatic N) is 2. The average molecular weight is 441 g/mol. The minimum Gasteiger partial charge on any atom is -0.382 e. The summed E-state index contributed by atoms with van der Waals surface area (Å²) in [4.78, 5) is 17.7. The molecule has 1 aliphatic carbocycles. The van der Waals surface area contributed by atoms with Crippen molar-refractivity contribution < 1.29 is 4.79 Å². The number of carbonyl (C=O) groups is 1. The molecule has 0 spiro atoms. The summed E-state index contributed by atoms with van der Waals surface area (Å²) in [7, 11) is 0. The molecule has 168 valence electrons. The highest BCUT2D eigenvalue weighted by Crippen LogP contribution is 2.26. The number of rotatable bonds is 5. The first kappa shape index (κ1) is 21.2. The molecule has 1 amide bonds. The maximum atomic E-state index is 13.4. The van der Waals surface area contributed by atoms with Crippen molar-refractivity contribution in [1.29, 1.82) is 5.41 Å². The maximum absolute atomic E-state index is 13.4. The molecule has 2 aromatic carbocycles. The molecule has 0 atom stereocenters. The SMILES string of the molecule is N=C(N)c1cc2c(cn1)cc(C(=O)NC1CCC(N)CC1)n2Cc1cccc2ccccc12. The molecule has 4 aromatic rings. The van der Waals surface area contributed by atoms with Gasteiger partial charge >= 0.3 is 0 Å². The van der Waals surface area contributed by atoms with E-state index in [1.54, 1.807) is 12.3 Å². The van der Waals surface area contributed by atoms with Crippen LogP contribution in [0.4, 0.5) is 0 Å². The van der Waals surface area contributed by atoms with E-state index in [-0.39, 0.29) is 23.8 Å². The van der Waals surface area contributed by atoms with Gasteiger partial charge in [-0.2, -0.15) is 0 Å². The normalized spacial score (nSPS) is 18.5. The molecular weight excluding hydrogens is 412 g/mol. The summed E-state index contributed by atoms with van der Waals surface area (Å²) in [6, 6.07) is 18.5. The van der Waals surface area contributed by atoms with Crippen LogP contribution in [-0.2, 0) is 6.54 Å². The highest BCUT2D eigenvalue weighted by molar-refractivity contribution is 6.01. The standard InChI is InChI=1S/C26H28N6O/c27-19-8-10-20(11-9-19)31-26(33)24-12-18-14-30-22(25(28)29)13-23(18)32(24)15-17-6-3-5-16-4-1-2-7-21(16)17/h1-7,12-14,19-20H,8-11,15,27H2,(H3,28,29)(H,31,33). The largest absolute Gasteiger partial charge is 0.382 e. The predicted octanol–water partition coefficient (Wildman–Crippen LogP) is 3.52. The Morgan fingerprint density at radius 3 is 2.61 bits per heavy atom. The third kappa shape index (κ3) is 4.19. The lowest BCUT2D eigenvalue weighted by Gasteiger charge is -2.27. The Kier molecular flexibility index (Phi) is 5.56. The minimum absolute atomic E-state index is 0.0978. The van der Waals surface area contributed by atoms with E-state index in [9.17, 15) is 4.79 Å². The zero-order valence-corrected chi connectivity index (χ0v) is 18.4. The number of hydrogen-bond donors (Lipinski definition) is 4. The van der Waals surface area contributed by atoms with Gasteiger partial charge in [0.1, 0.15) is 17.2 Å². The summed E-state index contributed by atoms with van der Waals surface area (Å²) < 4.78 is 2.01. The lowest BCUT2D eigenvalue weighted by molar-refractivity contribution is 0.0917. The Morgan fingerprint density at radius 2 is 1.82 bits per heavy atom.